The summed E-state index contributed by atoms with van der Waals surface area (Å²) in [6.07, 6.45) is 0.787. The third-order valence-corrected chi connectivity index (χ3v) is 9.46. The summed E-state index contributed by atoms with van der Waals surface area (Å²) in [5, 5.41) is 3.97. The van der Waals surface area contributed by atoms with Crippen LogP contribution >= 0.6 is 7.75 Å². The van der Waals surface area contributed by atoms with E-state index in [-0.39, 0.29) is 6.04 Å². The topological polar surface area (TPSA) is 38.8 Å². The minimum absolute atomic E-state index is 0.0367. The third kappa shape index (κ3) is 2.98. The van der Waals surface area contributed by atoms with Gasteiger partial charge >= 0.3 is 7.75 Å². The molecular weight excluding hydrogens is 465 g/mol. The minimum Gasteiger partial charge on any atom is -0.399 e. The van der Waals surface area contributed by atoms with Gasteiger partial charge < -0.3 is 9.05 Å². The van der Waals surface area contributed by atoms with Crippen molar-refractivity contribution in [3.05, 3.63) is 102 Å². The summed E-state index contributed by atoms with van der Waals surface area (Å²) < 4.78 is 30.4. The number of rotatable bonds is 1. The van der Waals surface area contributed by atoms with Gasteiger partial charge in [-0.25, -0.2) is 4.57 Å². The van der Waals surface area contributed by atoms with E-state index in [4.69, 9.17) is 9.05 Å². The van der Waals surface area contributed by atoms with Gasteiger partial charge in [-0.05, 0) is 60.7 Å². The lowest BCUT2D eigenvalue weighted by molar-refractivity contribution is 0.385. The fraction of sp³-hybridized carbons (Fsp3) is 0.161. The van der Waals surface area contributed by atoms with E-state index in [1.54, 1.807) is 0 Å². The molecule has 178 valence electrons. The maximum atomic E-state index is 15.1. The second-order valence-corrected chi connectivity index (χ2v) is 11.6. The smallest absolute Gasteiger partial charge is 0.399 e. The molecule has 0 saturated carbocycles. The van der Waals surface area contributed by atoms with Crippen LogP contribution in [0.4, 0.5) is 5.69 Å². The molecule has 0 unspecified atom stereocenters. The number of fused-ring (bicyclic) bond motifs is 8. The molecule has 0 radical (unpaired) electrons. The highest BCUT2D eigenvalue weighted by Crippen LogP contribution is 2.64. The Morgan fingerprint density at radius 2 is 1.25 bits per heavy atom. The number of anilines is 1. The predicted octanol–water partition coefficient (Wildman–Crippen LogP) is 8.61. The van der Waals surface area contributed by atoms with Crippen molar-refractivity contribution in [1.82, 2.24) is 0 Å². The molecule has 0 saturated heterocycles. The van der Waals surface area contributed by atoms with Crippen molar-refractivity contribution in [2.75, 3.05) is 4.67 Å². The Balaban J connectivity index is 1.61. The highest BCUT2D eigenvalue weighted by atomic mass is 31.2. The van der Waals surface area contributed by atoms with Crippen molar-refractivity contribution in [3.8, 4) is 22.6 Å². The zero-order chi connectivity index (χ0) is 24.6. The van der Waals surface area contributed by atoms with E-state index < -0.39 is 7.75 Å². The molecule has 0 aliphatic carbocycles. The molecule has 5 aromatic carbocycles. The molecule has 0 aromatic heterocycles. The lowest BCUT2D eigenvalue weighted by Crippen LogP contribution is -2.30. The summed E-state index contributed by atoms with van der Waals surface area (Å²) in [4.78, 5) is 0. The summed E-state index contributed by atoms with van der Waals surface area (Å²) in [6.45, 7) is 6.27. The van der Waals surface area contributed by atoms with Gasteiger partial charge in [-0.2, -0.15) is 0 Å². The van der Waals surface area contributed by atoms with Gasteiger partial charge in [-0.1, -0.05) is 78.9 Å². The van der Waals surface area contributed by atoms with Crippen LogP contribution < -0.4 is 13.7 Å². The first-order chi connectivity index (χ1) is 17.4. The van der Waals surface area contributed by atoms with Crippen LogP contribution in [-0.2, 0) is 11.0 Å². The fourth-order valence-corrected chi connectivity index (χ4v) is 8.05. The fourth-order valence-electron chi connectivity index (χ4n) is 5.97. The number of para-hydroxylation sites is 1. The van der Waals surface area contributed by atoms with Crippen LogP contribution in [-0.4, -0.2) is 6.04 Å². The first-order valence-electron chi connectivity index (χ1n) is 12.4. The first kappa shape index (κ1) is 21.5. The van der Waals surface area contributed by atoms with Crippen molar-refractivity contribution in [2.45, 2.75) is 33.2 Å². The highest BCUT2D eigenvalue weighted by molar-refractivity contribution is 7.56. The Labute approximate surface area is 210 Å². The van der Waals surface area contributed by atoms with E-state index in [9.17, 15) is 0 Å². The Hall–Kier alpha value is -3.75. The molecule has 4 nitrogen and oxygen atoms in total. The van der Waals surface area contributed by atoms with Gasteiger partial charge in [-0.15, -0.1) is 0 Å². The number of nitrogens with zero attached hydrogens (tertiary/aromatic N) is 1. The number of hydrogen-bond acceptors (Lipinski definition) is 3. The van der Waals surface area contributed by atoms with Crippen molar-refractivity contribution in [1.29, 1.82) is 0 Å². The Kier molecular flexibility index (Phi) is 4.56. The summed E-state index contributed by atoms with van der Waals surface area (Å²) in [5.74, 6) is 1.25. The molecule has 36 heavy (non-hydrogen) atoms. The molecule has 5 aromatic rings. The van der Waals surface area contributed by atoms with Gasteiger partial charge in [0.15, 0.2) is 0 Å². The van der Waals surface area contributed by atoms with Gasteiger partial charge in [0, 0.05) is 27.9 Å². The van der Waals surface area contributed by atoms with Crippen LogP contribution in [0.1, 0.15) is 23.6 Å². The van der Waals surface area contributed by atoms with E-state index in [1.165, 1.54) is 0 Å². The molecule has 7 rings (SSSR count). The SMILES string of the molecule is Cc1cc2ccccc2c2c1-c1c(C)cc3ccccc3c1OP(=O)(N1c3ccccc3C[C@@H]1C)O2. The Morgan fingerprint density at radius 1 is 0.750 bits per heavy atom. The Morgan fingerprint density at radius 3 is 1.83 bits per heavy atom. The third-order valence-electron chi connectivity index (χ3n) is 7.50. The molecule has 0 fully saturated rings. The van der Waals surface area contributed by atoms with Crippen molar-refractivity contribution in [2.24, 2.45) is 0 Å². The Bertz CT molecular complexity index is 1660. The summed E-state index contributed by atoms with van der Waals surface area (Å²) in [7, 11) is -3.87. The number of hydrogen-bond donors (Lipinski definition) is 0. The quantitative estimate of drug-likeness (QED) is 0.220. The van der Waals surface area contributed by atoms with Crippen LogP contribution in [0.25, 0.3) is 32.7 Å². The summed E-state index contributed by atoms with van der Waals surface area (Å²) in [6, 6.07) is 28.7. The monoisotopic (exact) mass is 491 g/mol. The molecule has 2 aliphatic heterocycles. The summed E-state index contributed by atoms with van der Waals surface area (Å²) in [5.41, 5.74) is 6.09. The highest BCUT2D eigenvalue weighted by Gasteiger charge is 2.48. The second-order valence-electron chi connectivity index (χ2n) is 9.92. The molecular formula is C31H26NO3P. The molecule has 5 heteroatoms. The van der Waals surface area contributed by atoms with Gasteiger partial charge in [0.05, 0.1) is 5.69 Å². The van der Waals surface area contributed by atoms with Gasteiger partial charge in [-0.3, -0.25) is 4.67 Å². The maximum absolute atomic E-state index is 15.1. The van der Waals surface area contributed by atoms with E-state index in [2.05, 4.69) is 51.1 Å². The van der Waals surface area contributed by atoms with Gasteiger partial charge in [0.1, 0.15) is 11.5 Å². The van der Waals surface area contributed by atoms with E-state index >= 15 is 4.57 Å². The van der Waals surface area contributed by atoms with Crippen molar-refractivity contribution < 1.29 is 13.6 Å². The van der Waals surface area contributed by atoms with Crippen LogP contribution in [0.3, 0.4) is 0 Å². The van der Waals surface area contributed by atoms with Gasteiger partial charge in [0.2, 0.25) is 0 Å². The predicted molar refractivity (Wildman–Crippen MR) is 147 cm³/mol. The van der Waals surface area contributed by atoms with E-state index in [1.807, 2.05) is 59.3 Å². The standard InChI is InChI=1S/C31H26NO3P/c1-19-16-22-10-4-7-13-25(22)30-28(19)29-20(2)17-23-11-5-8-14-26(23)31(29)35-36(33,34-30)32-21(3)18-24-12-6-9-15-27(24)32/h4-17,21H,18H2,1-3H3/t21-/m0/s1. The average molecular weight is 492 g/mol. The van der Waals surface area contributed by atoms with Crippen LogP contribution in [0, 0.1) is 13.8 Å². The molecule has 0 N–H and O–H groups in total. The maximum Gasteiger partial charge on any atom is 0.544 e. The second kappa shape index (κ2) is 7.62. The van der Waals surface area contributed by atoms with Crippen molar-refractivity contribution >= 4 is 35.0 Å². The average Bonchev–Trinajstić information content (AvgIpc) is 3.13. The molecule has 2 heterocycles. The lowest BCUT2D eigenvalue weighted by atomic mass is 9.89. The van der Waals surface area contributed by atoms with Crippen LogP contribution in [0.2, 0.25) is 0 Å². The summed E-state index contributed by atoms with van der Waals surface area (Å²) >= 11 is 0. The first-order valence-corrected chi connectivity index (χ1v) is 13.9. The van der Waals surface area contributed by atoms with Crippen LogP contribution in [0.5, 0.6) is 11.5 Å². The lowest BCUT2D eigenvalue weighted by Gasteiger charge is -2.31. The minimum atomic E-state index is -3.87. The normalized spacial score (nSPS) is 17.6. The molecule has 0 bridgehead atoms. The van der Waals surface area contributed by atoms with E-state index in [0.717, 1.165) is 61.5 Å². The van der Waals surface area contributed by atoms with Gasteiger partial charge in [0.25, 0.3) is 0 Å². The number of aryl methyl sites for hydroxylation is 2. The van der Waals surface area contributed by atoms with E-state index in [0.29, 0.717) is 11.5 Å². The largest absolute Gasteiger partial charge is 0.544 e. The number of benzene rings is 5. The molecule has 0 spiro atoms. The zero-order valence-electron chi connectivity index (χ0n) is 20.5. The van der Waals surface area contributed by atoms with Crippen molar-refractivity contribution in [3.63, 3.8) is 0 Å². The molecule has 0 amide bonds. The molecule has 1 atom stereocenters. The van der Waals surface area contributed by atoms with Crippen LogP contribution in [0.15, 0.2) is 84.9 Å². The molecule has 2 aliphatic rings. The zero-order valence-corrected chi connectivity index (χ0v) is 21.4.